The molecule has 0 aliphatic heterocycles. The predicted molar refractivity (Wildman–Crippen MR) is 119 cm³/mol. The largest absolute Gasteiger partial charge is 0.345 e. The first kappa shape index (κ1) is 20.9. The summed E-state index contributed by atoms with van der Waals surface area (Å²) in [6.45, 7) is 6.08. The quantitative estimate of drug-likeness (QED) is 0.523. The molecule has 2 aromatic carbocycles. The van der Waals surface area contributed by atoms with Gasteiger partial charge in [-0.3, -0.25) is 9.59 Å². The van der Waals surface area contributed by atoms with Gasteiger partial charge in [-0.05, 0) is 37.1 Å². The van der Waals surface area contributed by atoms with Gasteiger partial charge >= 0.3 is 0 Å². The lowest BCUT2D eigenvalue weighted by Crippen LogP contribution is -2.34. The fraction of sp³-hybridized carbons (Fsp3) is 0.318. The highest BCUT2D eigenvalue weighted by atomic mass is 32.2. The van der Waals surface area contributed by atoms with E-state index in [1.165, 1.54) is 11.8 Å². The molecule has 1 atom stereocenters. The molecule has 0 fully saturated rings. The van der Waals surface area contributed by atoms with Crippen LogP contribution in [0.4, 0.5) is 5.69 Å². The number of thioether (sulfide) groups is 1. The minimum absolute atomic E-state index is 0.114. The minimum atomic E-state index is -0.211. The van der Waals surface area contributed by atoms with Crippen LogP contribution in [0.5, 0.6) is 0 Å². The van der Waals surface area contributed by atoms with Gasteiger partial charge in [0.15, 0.2) is 0 Å². The number of nitrogens with zero attached hydrogens (tertiary/aromatic N) is 1. The van der Waals surface area contributed by atoms with Crippen molar-refractivity contribution in [2.75, 3.05) is 16.8 Å². The zero-order valence-electron chi connectivity index (χ0n) is 16.9. The number of fused-ring (bicyclic) bond motifs is 1. The molecule has 3 N–H and O–H groups in total. The van der Waals surface area contributed by atoms with E-state index in [-0.39, 0.29) is 35.3 Å². The average Bonchev–Trinajstić information content (AvgIpc) is 3.11. The molecule has 3 rings (SSSR count). The van der Waals surface area contributed by atoms with E-state index in [9.17, 15) is 9.59 Å². The summed E-state index contributed by atoms with van der Waals surface area (Å²) in [5.74, 6) is 1.12. The second-order valence-electron chi connectivity index (χ2n) is 7.34. The smallest absolute Gasteiger partial charge is 0.234 e. The van der Waals surface area contributed by atoms with Gasteiger partial charge < -0.3 is 15.6 Å². The molecule has 29 heavy (non-hydrogen) atoms. The number of hydrogen-bond acceptors (Lipinski definition) is 4. The molecule has 0 saturated carbocycles. The summed E-state index contributed by atoms with van der Waals surface area (Å²) in [6.07, 6.45) is 0. The lowest BCUT2D eigenvalue weighted by atomic mass is 10.0. The van der Waals surface area contributed by atoms with Gasteiger partial charge in [-0.25, -0.2) is 4.98 Å². The summed E-state index contributed by atoms with van der Waals surface area (Å²) in [5, 5.41) is 5.87. The zero-order valence-corrected chi connectivity index (χ0v) is 17.7. The minimum Gasteiger partial charge on any atom is -0.345 e. The van der Waals surface area contributed by atoms with Crippen molar-refractivity contribution < 1.29 is 9.59 Å². The SMILES string of the molecule is Cc1ccc(NC(=O)CSCC(=O)NC(c2nc3ccccc3[nH]2)C(C)C)cc1. The van der Waals surface area contributed by atoms with Crippen molar-refractivity contribution in [3.63, 3.8) is 0 Å². The first-order valence-corrected chi connectivity index (χ1v) is 10.8. The molecule has 0 radical (unpaired) electrons. The van der Waals surface area contributed by atoms with E-state index in [1.54, 1.807) is 0 Å². The third-order valence-corrected chi connectivity index (χ3v) is 5.42. The molecule has 3 aromatic rings. The summed E-state index contributed by atoms with van der Waals surface area (Å²) >= 11 is 1.29. The Hall–Kier alpha value is -2.80. The summed E-state index contributed by atoms with van der Waals surface area (Å²) in [7, 11) is 0. The molecule has 0 saturated heterocycles. The number of aryl methyl sites for hydroxylation is 1. The molecule has 0 spiro atoms. The van der Waals surface area contributed by atoms with Gasteiger partial charge in [-0.2, -0.15) is 0 Å². The lowest BCUT2D eigenvalue weighted by molar-refractivity contribution is -0.119. The first-order valence-electron chi connectivity index (χ1n) is 9.60. The normalized spacial score (nSPS) is 12.1. The van der Waals surface area contributed by atoms with Crippen LogP contribution in [0.15, 0.2) is 48.5 Å². The Bertz CT molecular complexity index is 949. The Kier molecular flexibility index (Phi) is 6.93. The fourth-order valence-electron chi connectivity index (χ4n) is 2.96. The number of nitrogens with one attached hydrogen (secondary N) is 3. The summed E-state index contributed by atoms with van der Waals surface area (Å²) in [4.78, 5) is 32.4. The van der Waals surface area contributed by atoms with E-state index in [0.717, 1.165) is 28.1 Å². The second-order valence-corrected chi connectivity index (χ2v) is 8.32. The van der Waals surface area contributed by atoms with E-state index in [4.69, 9.17) is 0 Å². The summed E-state index contributed by atoms with van der Waals surface area (Å²) in [5.41, 5.74) is 3.72. The maximum atomic E-state index is 12.4. The molecule has 1 heterocycles. The number of aromatic amines is 1. The predicted octanol–water partition coefficient (Wildman–Crippen LogP) is 4.06. The van der Waals surface area contributed by atoms with Crippen LogP contribution >= 0.6 is 11.8 Å². The molecular weight excluding hydrogens is 384 g/mol. The second kappa shape index (κ2) is 9.60. The van der Waals surface area contributed by atoms with Gasteiger partial charge in [0.2, 0.25) is 11.8 Å². The van der Waals surface area contributed by atoms with E-state index in [2.05, 4.69) is 20.6 Å². The molecule has 1 aromatic heterocycles. The maximum Gasteiger partial charge on any atom is 0.234 e. The van der Waals surface area contributed by atoms with Gasteiger partial charge in [0.1, 0.15) is 5.82 Å². The van der Waals surface area contributed by atoms with Crippen molar-refractivity contribution in [1.82, 2.24) is 15.3 Å². The van der Waals surface area contributed by atoms with Crippen molar-refractivity contribution in [3.05, 3.63) is 59.9 Å². The lowest BCUT2D eigenvalue weighted by Gasteiger charge is -2.20. The van der Waals surface area contributed by atoms with Crippen LogP contribution in [0.2, 0.25) is 0 Å². The van der Waals surface area contributed by atoms with Crippen LogP contribution in [0.1, 0.15) is 31.3 Å². The first-order chi connectivity index (χ1) is 13.9. The van der Waals surface area contributed by atoms with Crippen molar-refractivity contribution in [1.29, 1.82) is 0 Å². The topological polar surface area (TPSA) is 86.9 Å². The number of anilines is 1. The van der Waals surface area contributed by atoms with Crippen molar-refractivity contribution >= 4 is 40.3 Å². The van der Waals surface area contributed by atoms with Gasteiger partial charge in [0.25, 0.3) is 0 Å². The monoisotopic (exact) mass is 410 g/mol. The van der Waals surface area contributed by atoms with Crippen molar-refractivity contribution in [2.45, 2.75) is 26.8 Å². The molecule has 0 aliphatic carbocycles. The van der Waals surface area contributed by atoms with Crippen molar-refractivity contribution in [3.8, 4) is 0 Å². The van der Waals surface area contributed by atoms with Gasteiger partial charge in [0.05, 0.1) is 28.6 Å². The van der Waals surface area contributed by atoms with Crippen LogP contribution in [-0.4, -0.2) is 33.3 Å². The van der Waals surface area contributed by atoms with Crippen LogP contribution in [0, 0.1) is 12.8 Å². The van der Waals surface area contributed by atoms with Crippen LogP contribution in [0.25, 0.3) is 11.0 Å². The average molecular weight is 411 g/mol. The standard InChI is InChI=1S/C22H26N4O2S/c1-14(2)21(22-24-17-6-4-5-7-18(17)25-22)26-20(28)13-29-12-19(27)23-16-10-8-15(3)9-11-16/h4-11,14,21H,12-13H2,1-3H3,(H,23,27)(H,24,25)(H,26,28). The Morgan fingerprint density at radius 3 is 2.41 bits per heavy atom. The number of imidazole rings is 1. The number of aromatic nitrogens is 2. The number of carbonyl (C=O) groups is 2. The van der Waals surface area contributed by atoms with E-state index >= 15 is 0 Å². The number of hydrogen-bond donors (Lipinski definition) is 3. The molecule has 152 valence electrons. The Balaban J connectivity index is 1.50. The Labute approximate surface area is 174 Å². The molecule has 6 nitrogen and oxygen atoms in total. The van der Waals surface area contributed by atoms with E-state index < -0.39 is 0 Å². The Morgan fingerprint density at radius 2 is 1.72 bits per heavy atom. The van der Waals surface area contributed by atoms with E-state index in [0.29, 0.717) is 0 Å². The van der Waals surface area contributed by atoms with Crippen molar-refractivity contribution in [2.24, 2.45) is 5.92 Å². The summed E-state index contributed by atoms with van der Waals surface area (Å²) in [6, 6.07) is 15.2. The van der Waals surface area contributed by atoms with Crippen LogP contribution in [0.3, 0.4) is 0 Å². The number of rotatable bonds is 8. The third-order valence-electron chi connectivity index (χ3n) is 4.49. The fourth-order valence-corrected chi connectivity index (χ4v) is 3.58. The molecule has 1 unspecified atom stereocenters. The van der Waals surface area contributed by atoms with Gasteiger partial charge in [-0.1, -0.05) is 43.7 Å². The van der Waals surface area contributed by atoms with Gasteiger partial charge in [0, 0.05) is 5.69 Å². The molecular formula is C22H26N4O2S. The molecule has 2 amide bonds. The molecule has 0 bridgehead atoms. The highest BCUT2D eigenvalue weighted by Gasteiger charge is 2.21. The van der Waals surface area contributed by atoms with E-state index in [1.807, 2.05) is 69.3 Å². The zero-order chi connectivity index (χ0) is 20.8. The Morgan fingerprint density at radius 1 is 1.03 bits per heavy atom. The third kappa shape index (κ3) is 5.84. The van der Waals surface area contributed by atoms with Crippen LogP contribution in [-0.2, 0) is 9.59 Å². The highest BCUT2D eigenvalue weighted by Crippen LogP contribution is 2.22. The number of H-pyrrole nitrogens is 1. The number of benzene rings is 2. The molecule has 0 aliphatic rings. The number of para-hydroxylation sites is 2. The van der Waals surface area contributed by atoms with Crippen LogP contribution < -0.4 is 10.6 Å². The molecule has 7 heteroatoms. The number of amides is 2. The van der Waals surface area contributed by atoms with Gasteiger partial charge in [-0.15, -0.1) is 11.8 Å². The number of carbonyl (C=O) groups excluding carboxylic acids is 2. The maximum absolute atomic E-state index is 12.4. The highest BCUT2D eigenvalue weighted by molar-refractivity contribution is 8.00. The summed E-state index contributed by atoms with van der Waals surface area (Å²) < 4.78 is 0.